The molecule has 18 heavy (non-hydrogen) atoms. The zero-order valence-electron chi connectivity index (χ0n) is 11.2. The van der Waals surface area contributed by atoms with Crippen LogP contribution in [0, 0.1) is 6.92 Å². The molecule has 0 amide bonds. The van der Waals surface area contributed by atoms with Crippen LogP contribution in [0.25, 0.3) is 11.4 Å². The van der Waals surface area contributed by atoms with Gasteiger partial charge in [0.05, 0.1) is 5.60 Å². The fourth-order valence-corrected chi connectivity index (χ4v) is 1.49. The average Bonchev–Trinajstić information content (AvgIpc) is 2.74. The molecule has 0 aliphatic heterocycles. The molecule has 0 radical (unpaired) electrons. The van der Waals surface area contributed by atoms with Gasteiger partial charge in [0.2, 0.25) is 5.82 Å². The van der Waals surface area contributed by atoms with Crippen LogP contribution in [-0.4, -0.2) is 15.7 Å². The minimum absolute atomic E-state index is 0.210. The number of ether oxygens (including phenoxy) is 1. The largest absolute Gasteiger partial charge is 0.366 e. The van der Waals surface area contributed by atoms with Crippen molar-refractivity contribution in [1.82, 2.24) is 10.1 Å². The van der Waals surface area contributed by atoms with Crippen molar-refractivity contribution in [2.45, 2.75) is 39.9 Å². The van der Waals surface area contributed by atoms with Gasteiger partial charge < -0.3 is 9.26 Å². The molecule has 0 N–H and O–H groups in total. The summed E-state index contributed by atoms with van der Waals surface area (Å²) >= 11 is 0. The first-order valence-electron chi connectivity index (χ1n) is 5.98. The van der Waals surface area contributed by atoms with E-state index in [4.69, 9.17) is 9.26 Å². The van der Waals surface area contributed by atoms with Gasteiger partial charge >= 0.3 is 0 Å². The summed E-state index contributed by atoms with van der Waals surface area (Å²) in [6, 6.07) is 8.01. The fourth-order valence-electron chi connectivity index (χ4n) is 1.49. The van der Waals surface area contributed by atoms with Gasteiger partial charge in [0.25, 0.3) is 5.89 Å². The van der Waals surface area contributed by atoms with Crippen LogP contribution in [-0.2, 0) is 11.3 Å². The van der Waals surface area contributed by atoms with Crippen LogP contribution in [0.15, 0.2) is 28.8 Å². The minimum atomic E-state index is -0.210. The molecule has 96 valence electrons. The average molecular weight is 246 g/mol. The van der Waals surface area contributed by atoms with E-state index in [-0.39, 0.29) is 5.60 Å². The first kappa shape index (κ1) is 12.8. The van der Waals surface area contributed by atoms with Gasteiger partial charge in [0.15, 0.2) is 0 Å². The molecule has 1 heterocycles. The molecule has 0 fully saturated rings. The maximum absolute atomic E-state index is 5.59. The molecule has 0 saturated heterocycles. The van der Waals surface area contributed by atoms with Gasteiger partial charge in [0.1, 0.15) is 6.61 Å². The van der Waals surface area contributed by atoms with Gasteiger partial charge in [0, 0.05) is 5.56 Å². The molecule has 4 heteroatoms. The molecule has 0 bridgehead atoms. The summed E-state index contributed by atoms with van der Waals surface area (Å²) in [6.07, 6.45) is 0. The third-order valence-corrected chi connectivity index (χ3v) is 2.37. The quantitative estimate of drug-likeness (QED) is 0.833. The van der Waals surface area contributed by atoms with Crippen LogP contribution >= 0.6 is 0 Å². The predicted octanol–water partition coefficient (Wildman–Crippen LogP) is 3.36. The van der Waals surface area contributed by atoms with Gasteiger partial charge in [-0.2, -0.15) is 4.98 Å². The second kappa shape index (κ2) is 4.90. The Bertz CT molecular complexity index is 527. The van der Waals surface area contributed by atoms with Crippen molar-refractivity contribution in [2.24, 2.45) is 0 Å². The number of rotatable bonds is 3. The van der Waals surface area contributed by atoms with Gasteiger partial charge in [-0.05, 0) is 33.8 Å². The molecule has 2 rings (SSSR count). The highest BCUT2D eigenvalue weighted by Gasteiger charge is 2.14. The lowest BCUT2D eigenvalue weighted by Crippen LogP contribution is -2.18. The van der Waals surface area contributed by atoms with E-state index < -0.39 is 0 Å². The topological polar surface area (TPSA) is 48.2 Å². The third kappa shape index (κ3) is 3.40. The van der Waals surface area contributed by atoms with Crippen LogP contribution in [0.1, 0.15) is 32.2 Å². The smallest absolute Gasteiger partial charge is 0.252 e. The van der Waals surface area contributed by atoms with Crippen molar-refractivity contribution >= 4 is 0 Å². The van der Waals surface area contributed by atoms with E-state index in [1.807, 2.05) is 52.0 Å². The number of nitrogens with zero attached hydrogens (tertiary/aromatic N) is 2. The van der Waals surface area contributed by atoms with Crippen LogP contribution in [0.2, 0.25) is 0 Å². The van der Waals surface area contributed by atoms with Crippen molar-refractivity contribution < 1.29 is 9.26 Å². The van der Waals surface area contributed by atoms with Gasteiger partial charge in [-0.25, -0.2) is 0 Å². The number of aromatic nitrogens is 2. The van der Waals surface area contributed by atoms with Gasteiger partial charge in [-0.1, -0.05) is 28.9 Å². The Hall–Kier alpha value is -1.68. The molecule has 0 aliphatic carbocycles. The summed E-state index contributed by atoms with van der Waals surface area (Å²) < 4.78 is 10.8. The van der Waals surface area contributed by atoms with Crippen molar-refractivity contribution in [3.05, 3.63) is 35.7 Å². The van der Waals surface area contributed by atoms with Crippen LogP contribution in [0.3, 0.4) is 0 Å². The lowest BCUT2D eigenvalue weighted by atomic mass is 10.1. The number of hydrogen-bond donors (Lipinski definition) is 0. The number of benzene rings is 1. The Morgan fingerprint density at radius 2 is 2.06 bits per heavy atom. The summed E-state index contributed by atoms with van der Waals surface area (Å²) in [5.41, 5.74) is 1.92. The Balaban J connectivity index is 2.11. The number of aryl methyl sites for hydroxylation is 1. The van der Waals surface area contributed by atoms with Crippen LogP contribution < -0.4 is 0 Å². The maximum atomic E-state index is 5.59. The van der Waals surface area contributed by atoms with E-state index in [0.717, 1.165) is 5.56 Å². The second-order valence-electron chi connectivity index (χ2n) is 5.28. The highest BCUT2D eigenvalue weighted by atomic mass is 16.5. The van der Waals surface area contributed by atoms with Gasteiger partial charge in [-0.3, -0.25) is 0 Å². The molecule has 0 saturated carbocycles. The first-order chi connectivity index (χ1) is 8.44. The molecular formula is C14H18N2O2. The van der Waals surface area contributed by atoms with E-state index in [0.29, 0.717) is 18.3 Å². The van der Waals surface area contributed by atoms with Crippen molar-refractivity contribution in [2.75, 3.05) is 0 Å². The van der Waals surface area contributed by atoms with E-state index in [9.17, 15) is 0 Å². The predicted molar refractivity (Wildman–Crippen MR) is 69.0 cm³/mol. The lowest BCUT2D eigenvalue weighted by Gasteiger charge is -2.17. The Kier molecular flexibility index (Phi) is 3.48. The second-order valence-corrected chi connectivity index (χ2v) is 5.28. The maximum Gasteiger partial charge on any atom is 0.252 e. The molecular weight excluding hydrogens is 228 g/mol. The Morgan fingerprint density at radius 1 is 1.28 bits per heavy atom. The highest BCUT2D eigenvalue weighted by Crippen LogP contribution is 2.18. The number of hydrogen-bond acceptors (Lipinski definition) is 4. The van der Waals surface area contributed by atoms with E-state index in [1.54, 1.807) is 0 Å². The summed E-state index contributed by atoms with van der Waals surface area (Å²) in [6.45, 7) is 8.34. The van der Waals surface area contributed by atoms with Gasteiger partial charge in [-0.15, -0.1) is 0 Å². The molecule has 4 nitrogen and oxygen atoms in total. The monoisotopic (exact) mass is 246 g/mol. The third-order valence-electron chi connectivity index (χ3n) is 2.37. The molecule has 0 spiro atoms. The Morgan fingerprint density at radius 3 is 2.72 bits per heavy atom. The summed E-state index contributed by atoms with van der Waals surface area (Å²) in [4.78, 5) is 4.32. The zero-order chi connectivity index (χ0) is 13.2. The first-order valence-corrected chi connectivity index (χ1v) is 5.98. The normalized spacial score (nSPS) is 11.8. The van der Waals surface area contributed by atoms with E-state index in [2.05, 4.69) is 10.1 Å². The zero-order valence-corrected chi connectivity index (χ0v) is 11.2. The minimum Gasteiger partial charge on any atom is -0.366 e. The molecule has 2 aromatic rings. The van der Waals surface area contributed by atoms with Crippen molar-refractivity contribution in [3.8, 4) is 11.4 Å². The summed E-state index contributed by atoms with van der Waals surface area (Å²) in [5.74, 6) is 1.10. The molecule has 0 atom stereocenters. The summed E-state index contributed by atoms with van der Waals surface area (Å²) in [5, 5.41) is 3.96. The molecule has 0 unspecified atom stereocenters. The molecule has 1 aromatic carbocycles. The SMILES string of the molecule is Cc1cccc(-c2noc(COC(C)(C)C)n2)c1. The van der Waals surface area contributed by atoms with Crippen molar-refractivity contribution in [3.63, 3.8) is 0 Å². The van der Waals surface area contributed by atoms with Crippen molar-refractivity contribution in [1.29, 1.82) is 0 Å². The van der Waals surface area contributed by atoms with E-state index in [1.165, 1.54) is 5.56 Å². The Labute approximate surface area is 107 Å². The van der Waals surface area contributed by atoms with Crippen LogP contribution in [0.4, 0.5) is 0 Å². The fraction of sp³-hybridized carbons (Fsp3) is 0.429. The lowest BCUT2D eigenvalue weighted by molar-refractivity contribution is -0.0260. The molecule has 1 aromatic heterocycles. The summed E-state index contributed by atoms with van der Waals surface area (Å²) in [7, 11) is 0. The standard InChI is InChI=1S/C14H18N2O2/c1-10-6-5-7-11(8-10)13-15-12(18-16-13)9-17-14(2,3)4/h5-8H,9H2,1-4H3. The molecule has 0 aliphatic rings. The van der Waals surface area contributed by atoms with E-state index >= 15 is 0 Å². The van der Waals surface area contributed by atoms with Crippen LogP contribution in [0.5, 0.6) is 0 Å². The highest BCUT2D eigenvalue weighted by molar-refractivity contribution is 5.55.